The van der Waals surface area contributed by atoms with Gasteiger partial charge in [0.25, 0.3) is 5.91 Å². The smallest absolute Gasteiger partial charge is 0.270 e. The number of aliphatic hydroxyl groups is 2. The van der Waals surface area contributed by atoms with Crippen molar-refractivity contribution >= 4 is 28.7 Å². The summed E-state index contributed by atoms with van der Waals surface area (Å²) in [5, 5.41) is 22.2. The fourth-order valence-electron chi connectivity index (χ4n) is 3.74. The van der Waals surface area contributed by atoms with Gasteiger partial charge in [-0.05, 0) is 31.0 Å². The van der Waals surface area contributed by atoms with Crippen molar-refractivity contribution in [1.29, 1.82) is 0 Å². The molecule has 0 radical (unpaired) electrons. The summed E-state index contributed by atoms with van der Waals surface area (Å²) in [4.78, 5) is 27.5. The maximum atomic E-state index is 12.7. The zero-order chi connectivity index (χ0) is 20.5. The summed E-state index contributed by atoms with van der Waals surface area (Å²) >= 11 is 0. The van der Waals surface area contributed by atoms with Gasteiger partial charge in [0, 0.05) is 43.5 Å². The minimum atomic E-state index is -1.56. The highest BCUT2D eigenvalue weighted by molar-refractivity contribution is 5.97. The number of nitrogens with zero attached hydrogens (tertiary/aromatic N) is 5. The van der Waals surface area contributed by atoms with Crippen molar-refractivity contribution in [2.45, 2.75) is 38.0 Å². The second-order valence-corrected chi connectivity index (χ2v) is 7.49. The topological polar surface area (TPSA) is 116 Å². The van der Waals surface area contributed by atoms with Crippen LogP contribution in [0.4, 0.5) is 11.8 Å². The Morgan fingerprint density at radius 3 is 2.59 bits per heavy atom. The van der Waals surface area contributed by atoms with Gasteiger partial charge in [0.2, 0.25) is 5.95 Å². The Kier molecular flexibility index (Phi) is 5.16. The first-order chi connectivity index (χ1) is 13.9. The zero-order valence-corrected chi connectivity index (χ0v) is 16.4. The largest absolute Gasteiger partial charge is 0.364 e. The van der Waals surface area contributed by atoms with Gasteiger partial charge in [-0.15, -0.1) is 0 Å². The Labute approximate surface area is 168 Å². The lowest BCUT2D eigenvalue weighted by Crippen LogP contribution is -2.25. The van der Waals surface area contributed by atoms with Gasteiger partial charge in [-0.3, -0.25) is 4.79 Å². The Morgan fingerprint density at radius 2 is 1.97 bits per heavy atom. The van der Waals surface area contributed by atoms with E-state index >= 15 is 0 Å². The zero-order valence-electron chi connectivity index (χ0n) is 16.4. The number of amides is 1. The number of fused-ring (bicyclic) bond motifs is 1. The second kappa shape index (κ2) is 7.76. The van der Waals surface area contributed by atoms with Crippen LogP contribution < -0.4 is 5.32 Å². The molecule has 3 N–H and O–H groups in total. The van der Waals surface area contributed by atoms with Crippen LogP contribution in [0.1, 0.15) is 54.1 Å². The van der Waals surface area contributed by atoms with Crippen LogP contribution in [0, 0.1) is 0 Å². The van der Waals surface area contributed by atoms with E-state index in [1.807, 2.05) is 6.07 Å². The number of hydrogen-bond acceptors (Lipinski definition) is 7. The Balaban J connectivity index is 1.72. The normalized spacial score (nSPS) is 14.7. The molecule has 0 spiro atoms. The molecular formula is C20H24N6O3. The molecule has 0 saturated heterocycles. The van der Waals surface area contributed by atoms with Crippen molar-refractivity contribution in [3.05, 3.63) is 41.9 Å². The van der Waals surface area contributed by atoms with Gasteiger partial charge in [0.1, 0.15) is 17.2 Å². The number of carbonyl (C=O) groups excluding carboxylic acids is 1. The van der Waals surface area contributed by atoms with E-state index in [0.29, 0.717) is 23.0 Å². The molecule has 1 amide bonds. The molecule has 3 aromatic heterocycles. The Morgan fingerprint density at radius 1 is 1.21 bits per heavy atom. The van der Waals surface area contributed by atoms with E-state index in [1.54, 1.807) is 37.3 Å². The number of aromatic nitrogens is 4. The Hall–Kier alpha value is -3.04. The molecule has 3 aromatic rings. The lowest BCUT2D eigenvalue weighted by atomic mass is 10.2. The highest BCUT2D eigenvalue weighted by atomic mass is 16.5. The number of aliphatic hydroxyl groups excluding tert-OH is 1. The van der Waals surface area contributed by atoms with Crippen molar-refractivity contribution in [2.24, 2.45) is 0 Å². The lowest BCUT2D eigenvalue weighted by molar-refractivity contribution is -0.0427. The first-order valence-electron chi connectivity index (χ1n) is 9.63. The lowest BCUT2D eigenvalue weighted by Gasteiger charge is -2.19. The van der Waals surface area contributed by atoms with E-state index < -0.39 is 6.29 Å². The van der Waals surface area contributed by atoms with Gasteiger partial charge in [-0.1, -0.05) is 12.8 Å². The predicted octanol–water partition coefficient (Wildman–Crippen LogP) is 2.37. The first-order valence-corrected chi connectivity index (χ1v) is 9.63. The molecular weight excluding hydrogens is 372 g/mol. The van der Waals surface area contributed by atoms with E-state index in [9.17, 15) is 15.0 Å². The summed E-state index contributed by atoms with van der Waals surface area (Å²) in [5.74, 6) is 0.796. The third kappa shape index (κ3) is 3.79. The number of nitrogens with one attached hydrogen (secondary N) is 1. The van der Waals surface area contributed by atoms with Gasteiger partial charge in [0.05, 0.1) is 0 Å². The number of rotatable bonds is 5. The summed E-state index contributed by atoms with van der Waals surface area (Å²) in [5.41, 5.74) is 1.65. The van der Waals surface area contributed by atoms with Crippen LogP contribution in [-0.4, -0.2) is 54.6 Å². The molecule has 29 heavy (non-hydrogen) atoms. The van der Waals surface area contributed by atoms with Gasteiger partial charge in [-0.2, -0.15) is 4.98 Å². The van der Waals surface area contributed by atoms with Crippen LogP contribution in [0.5, 0.6) is 0 Å². The second-order valence-electron chi connectivity index (χ2n) is 7.49. The van der Waals surface area contributed by atoms with Gasteiger partial charge < -0.3 is 25.0 Å². The van der Waals surface area contributed by atoms with Crippen LogP contribution in [0.15, 0.2) is 30.6 Å². The van der Waals surface area contributed by atoms with E-state index in [1.165, 1.54) is 6.20 Å². The van der Waals surface area contributed by atoms with Crippen LogP contribution >= 0.6 is 0 Å². The molecule has 1 fully saturated rings. The van der Waals surface area contributed by atoms with Crippen molar-refractivity contribution in [1.82, 2.24) is 24.4 Å². The SMILES string of the molecule is CN(C)C(=O)c1cc2cnc(Nc3ccc(C(O)O)cn3)nc2n1C1CCCC1. The summed E-state index contributed by atoms with van der Waals surface area (Å²) < 4.78 is 2.05. The molecule has 152 valence electrons. The fraction of sp³-hybridized carbons (Fsp3) is 0.400. The molecule has 1 saturated carbocycles. The van der Waals surface area contributed by atoms with Gasteiger partial charge in [-0.25, -0.2) is 9.97 Å². The maximum absolute atomic E-state index is 12.7. The van der Waals surface area contributed by atoms with E-state index in [-0.39, 0.29) is 11.9 Å². The Bertz CT molecular complexity index is 1020. The number of pyridine rings is 1. The average molecular weight is 396 g/mol. The number of carbonyl (C=O) groups is 1. The predicted molar refractivity (Wildman–Crippen MR) is 108 cm³/mol. The molecule has 0 atom stereocenters. The summed E-state index contributed by atoms with van der Waals surface area (Å²) in [6.07, 6.45) is 5.85. The van der Waals surface area contributed by atoms with Crippen LogP contribution in [0.3, 0.4) is 0 Å². The molecule has 3 heterocycles. The maximum Gasteiger partial charge on any atom is 0.270 e. The third-order valence-corrected chi connectivity index (χ3v) is 5.22. The molecule has 0 bridgehead atoms. The number of anilines is 2. The number of hydrogen-bond donors (Lipinski definition) is 3. The monoisotopic (exact) mass is 396 g/mol. The van der Waals surface area contributed by atoms with Crippen LogP contribution in [0.25, 0.3) is 11.0 Å². The minimum absolute atomic E-state index is 0.0516. The van der Waals surface area contributed by atoms with E-state index in [4.69, 9.17) is 0 Å². The molecule has 1 aliphatic rings. The highest BCUT2D eigenvalue weighted by Crippen LogP contribution is 2.34. The summed E-state index contributed by atoms with van der Waals surface area (Å²) in [7, 11) is 3.49. The standard InChI is InChI=1S/C20H24N6O3/c1-25(2)18(27)15-9-13-11-22-20(23-16-8-7-12(10-21-16)19(28)29)24-17(13)26(15)14-5-3-4-6-14/h7-11,14,19,28-29H,3-6H2,1-2H3,(H,21,22,23,24). The minimum Gasteiger partial charge on any atom is -0.364 e. The fourth-order valence-corrected chi connectivity index (χ4v) is 3.74. The highest BCUT2D eigenvalue weighted by Gasteiger charge is 2.26. The first kappa shape index (κ1) is 19.3. The van der Waals surface area contributed by atoms with Crippen molar-refractivity contribution in [3.63, 3.8) is 0 Å². The van der Waals surface area contributed by atoms with E-state index in [2.05, 4.69) is 24.8 Å². The van der Waals surface area contributed by atoms with Gasteiger partial charge in [0.15, 0.2) is 6.29 Å². The molecule has 0 aliphatic heterocycles. The van der Waals surface area contributed by atoms with Crippen LogP contribution in [-0.2, 0) is 0 Å². The average Bonchev–Trinajstić information content (AvgIpc) is 3.34. The summed E-state index contributed by atoms with van der Waals surface area (Å²) in [6.45, 7) is 0. The molecule has 0 unspecified atom stereocenters. The third-order valence-electron chi connectivity index (χ3n) is 5.22. The van der Waals surface area contributed by atoms with Crippen molar-refractivity contribution in [3.8, 4) is 0 Å². The van der Waals surface area contributed by atoms with E-state index in [0.717, 1.165) is 36.7 Å². The van der Waals surface area contributed by atoms with Crippen molar-refractivity contribution in [2.75, 3.05) is 19.4 Å². The molecule has 9 heteroatoms. The molecule has 9 nitrogen and oxygen atoms in total. The quantitative estimate of drug-likeness (QED) is 0.567. The summed E-state index contributed by atoms with van der Waals surface area (Å²) in [6, 6.07) is 5.29. The van der Waals surface area contributed by atoms with Gasteiger partial charge >= 0.3 is 0 Å². The molecule has 4 rings (SSSR count). The molecule has 1 aliphatic carbocycles. The van der Waals surface area contributed by atoms with Crippen LogP contribution in [0.2, 0.25) is 0 Å². The van der Waals surface area contributed by atoms with Crippen molar-refractivity contribution < 1.29 is 15.0 Å². The molecule has 0 aromatic carbocycles.